The highest BCUT2D eigenvalue weighted by Gasteiger charge is 2.43. The summed E-state index contributed by atoms with van der Waals surface area (Å²) in [5, 5.41) is 27.3. The zero-order valence-corrected chi connectivity index (χ0v) is 9.62. The van der Waals surface area contributed by atoms with E-state index in [1.54, 1.807) is 0 Å². The number of thioether (sulfide) groups is 1. The van der Waals surface area contributed by atoms with Crippen molar-refractivity contribution in [1.29, 1.82) is 0 Å². The average molecular weight is 259 g/mol. The number of rotatable bonds is 2. The lowest BCUT2D eigenvalue weighted by Gasteiger charge is -2.17. The van der Waals surface area contributed by atoms with Crippen molar-refractivity contribution in [2.45, 2.75) is 22.8 Å². The summed E-state index contributed by atoms with van der Waals surface area (Å²) in [6.45, 7) is -0.267. The van der Waals surface area contributed by atoms with Gasteiger partial charge in [-0.15, -0.1) is 11.8 Å². The second-order valence-corrected chi connectivity index (χ2v) is 5.13. The molecule has 17 heavy (non-hydrogen) atoms. The fourth-order valence-corrected chi connectivity index (χ4v) is 3.11. The van der Waals surface area contributed by atoms with Crippen LogP contribution in [0.5, 0.6) is 0 Å². The molecule has 1 aliphatic rings. The second kappa shape index (κ2) is 4.65. The minimum Gasteiger partial charge on any atom is -0.395 e. The highest BCUT2D eigenvalue weighted by atomic mass is 32.2. The maximum atomic E-state index is 11.6. The van der Waals surface area contributed by atoms with Gasteiger partial charge >= 0.3 is 5.69 Å². The number of aromatic nitrogens is 2. The Bertz CT molecular complexity index is 466. The van der Waals surface area contributed by atoms with Crippen molar-refractivity contribution in [3.05, 3.63) is 22.7 Å². The van der Waals surface area contributed by atoms with E-state index in [0.29, 0.717) is 0 Å². The molecule has 1 saturated heterocycles. The highest BCUT2D eigenvalue weighted by molar-refractivity contribution is 8.00. The summed E-state index contributed by atoms with van der Waals surface area (Å²) in [6.07, 6.45) is -0.780. The predicted molar refractivity (Wildman–Crippen MR) is 62.4 cm³/mol. The van der Waals surface area contributed by atoms with E-state index in [9.17, 15) is 15.0 Å². The summed E-state index contributed by atoms with van der Waals surface area (Å²) in [5.41, 5.74) is 4.77. The highest BCUT2D eigenvalue weighted by Crippen LogP contribution is 2.40. The maximum absolute atomic E-state index is 11.6. The molecule has 7 nitrogen and oxygen atoms in total. The molecule has 1 aliphatic heterocycles. The number of anilines is 1. The summed E-state index contributed by atoms with van der Waals surface area (Å²) in [5.74, 6) is 0.1000. The van der Waals surface area contributed by atoms with E-state index in [1.807, 2.05) is 0 Å². The normalized spacial score (nSPS) is 32.9. The molecule has 5 N–H and O–H groups in total. The van der Waals surface area contributed by atoms with Crippen molar-refractivity contribution in [3.63, 3.8) is 0 Å². The molecule has 0 aromatic carbocycles. The number of nitrogens with two attached hydrogens (primary N) is 1. The largest absolute Gasteiger partial charge is 0.395 e. The molecule has 0 aliphatic carbocycles. The number of hydrogen-bond donors (Lipinski definition) is 4. The molecule has 1 unspecified atom stereocenters. The molecule has 4 atom stereocenters. The lowest BCUT2D eigenvalue weighted by Crippen LogP contribution is -2.36. The van der Waals surface area contributed by atoms with Gasteiger partial charge in [-0.2, -0.15) is 4.98 Å². The molecule has 8 heteroatoms. The van der Waals surface area contributed by atoms with E-state index in [1.165, 1.54) is 16.8 Å². The molecule has 0 saturated carbocycles. The number of aliphatic hydroxyl groups is 3. The fraction of sp³-hybridized carbons (Fsp3) is 0.556. The Morgan fingerprint density at radius 3 is 2.71 bits per heavy atom. The summed E-state index contributed by atoms with van der Waals surface area (Å²) in [7, 11) is 0. The zero-order chi connectivity index (χ0) is 12.6. The predicted octanol–water partition coefficient (Wildman–Crippen LogP) is -1.85. The van der Waals surface area contributed by atoms with Crippen LogP contribution in [0.4, 0.5) is 5.82 Å². The van der Waals surface area contributed by atoms with Crippen LogP contribution in [-0.4, -0.2) is 48.9 Å². The molecule has 0 spiro atoms. The molecule has 1 aromatic heterocycles. The van der Waals surface area contributed by atoms with E-state index in [4.69, 9.17) is 10.8 Å². The summed E-state index contributed by atoms with van der Waals surface area (Å²) in [4.78, 5) is 15.1. The van der Waals surface area contributed by atoms with Gasteiger partial charge in [0.05, 0.1) is 18.0 Å². The monoisotopic (exact) mass is 259 g/mol. The molecule has 1 fully saturated rings. The second-order valence-electron chi connectivity index (χ2n) is 3.77. The van der Waals surface area contributed by atoms with Crippen molar-refractivity contribution >= 4 is 17.6 Å². The molecule has 0 bridgehead atoms. The number of hydrogen-bond acceptors (Lipinski definition) is 7. The topological polar surface area (TPSA) is 122 Å². The Kier molecular flexibility index (Phi) is 3.38. The van der Waals surface area contributed by atoms with Crippen molar-refractivity contribution < 1.29 is 15.3 Å². The molecule has 2 rings (SSSR count). The Hall–Kier alpha value is -1.09. The molecule has 0 radical (unpaired) electrons. The first-order chi connectivity index (χ1) is 8.04. The molecule has 2 heterocycles. The fourth-order valence-electron chi connectivity index (χ4n) is 1.73. The SMILES string of the molecule is Nc1ccn(C2S[C@@H](CO)[C@H](O)[C@H]2O)c(=O)n1. The van der Waals surface area contributed by atoms with Crippen LogP contribution in [0.3, 0.4) is 0 Å². The zero-order valence-electron chi connectivity index (χ0n) is 8.80. The van der Waals surface area contributed by atoms with Crippen LogP contribution in [0.25, 0.3) is 0 Å². The van der Waals surface area contributed by atoms with E-state index < -0.39 is 28.5 Å². The molecule has 94 valence electrons. The van der Waals surface area contributed by atoms with Crippen LogP contribution in [0, 0.1) is 0 Å². The van der Waals surface area contributed by atoms with Crippen molar-refractivity contribution in [2.75, 3.05) is 12.3 Å². The number of nitrogens with zero attached hydrogens (tertiary/aromatic N) is 2. The van der Waals surface area contributed by atoms with Crippen LogP contribution in [0.1, 0.15) is 5.37 Å². The van der Waals surface area contributed by atoms with Gasteiger partial charge < -0.3 is 21.1 Å². The van der Waals surface area contributed by atoms with Gasteiger partial charge in [-0.1, -0.05) is 0 Å². The van der Waals surface area contributed by atoms with Crippen molar-refractivity contribution in [3.8, 4) is 0 Å². The van der Waals surface area contributed by atoms with Gasteiger partial charge in [-0.05, 0) is 6.07 Å². The first-order valence-corrected chi connectivity index (χ1v) is 5.96. The quantitative estimate of drug-likeness (QED) is 0.492. The summed E-state index contributed by atoms with van der Waals surface area (Å²) < 4.78 is 1.20. The first kappa shape index (κ1) is 12.4. The van der Waals surface area contributed by atoms with Crippen LogP contribution < -0.4 is 11.4 Å². The Labute approximate surface area is 101 Å². The third kappa shape index (κ3) is 2.16. The van der Waals surface area contributed by atoms with Gasteiger partial charge in [0.25, 0.3) is 0 Å². The van der Waals surface area contributed by atoms with E-state index in [0.717, 1.165) is 11.8 Å². The minimum atomic E-state index is -1.12. The lowest BCUT2D eigenvalue weighted by molar-refractivity contribution is 0.0101. The van der Waals surface area contributed by atoms with Crippen molar-refractivity contribution in [2.24, 2.45) is 0 Å². The summed E-state index contributed by atoms with van der Waals surface area (Å²) >= 11 is 1.13. The molecule has 1 aromatic rings. The minimum absolute atomic E-state index is 0.1000. The van der Waals surface area contributed by atoms with Gasteiger partial charge in [-0.25, -0.2) is 4.79 Å². The summed E-state index contributed by atoms with van der Waals surface area (Å²) in [6, 6.07) is 1.44. The standard InChI is InChI=1S/C9H13N3O4S/c10-5-1-2-12(9(16)11-5)8-7(15)6(14)4(3-13)17-8/h1-2,4,6-8,13-15H,3H2,(H2,10,11,16)/t4-,6-,7+,8?/m0/s1. The van der Waals surface area contributed by atoms with Crippen LogP contribution in [0.15, 0.2) is 17.1 Å². The molecular formula is C9H13N3O4S. The first-order valence-electron chi connectivity index (χ1n) is 5.01. The maximum Gasteiger partial charge on any atom is 0.350 e. The molecular weight excluding hydrogens is 246 g/mol. The van der Waals surface area contributed by atoms with Gasteiger partial charge in [0.1, 0.15) is 17.3 Å². The van der Waals surface area contributed by atoms with Gasteiger partial charge in [0.2, 0.25) is 0 Å². The van der Waals surface area contributed by atoms with Crippen LogP contribution >= 0.6 is 11.8 Å². The van der Waals surface area contributed by atoms with Crippen LogP contribution in [0.2, 0.25) is 0 Å². The lowest BCUT2D eigenvalue weighted by atomic mass is 10.1. The van der Waals surface area contributed by atoms with Gasteiger partial charge in [0, 0.05) is 6.20 Å². The third-order valence-corrected chi connectivity index (χ3v) is 4.21. The Morgan fingerprint density at radius 2 is 2.18 bits per heavy atom. The van der Waals surface area contributed by atoms with Crippen LogP contribution in [-0.2, 0) is 0 Å². The van der Waals surface area contributed by atoms with Gasteiger partial charge in [-0.3, -0.25) is 4.57 Å². The third-order valence-electron chi connectivity index (χ3n) is 2.64. The Balaban J connectivity index is 2.32. The van der Waals surface area contributed by atoms with E-state index in [2.05, 4.69) is 4.98 Å². The smallest absolute Gasteiger partial charge is 0.350 e. The average Bonchev–Trinajstić information content (AvgIpc) is 2.57. The van der Waals surface area contributed by atoms with E-state index >= 15 is 0 Å². The molecule has 0 amide bonds. The number of aliphatic hydroxyl groups excluding tert-OH is 3. The van der Waals surface area contributed by atoms with Crippen molar-refractivity contribution in [1.82, 2.24) is 9.55 Å². The number of nitrogen functional groups attached to an aromatic ring is 1. The Morgan fingerprint density at radius 1 is 1.47 bits per heavy atom. The van der Waals surface area contributed by atoms with E-state index in [-0.39, 0.29) is 12.4 Å². The van der Waals surface area contributed by atoms with Gasteiger partial charge in [0.15, 0.2) is 0 Å².